The molecule has 126 valence electrons. The monoisotopic (exact) mass is 335 g/mol. The van der Waals surface area contributed by atoms with Crippen LogP contribution in [0.3, 0.4) is 0 Å². The zero-order valence-corrected chi connectivity index (χ0v) is 13.1. The van der Waals surface area contributed by atoms with E-state index >= 15 is 0 Å². The predicted molar refractivity (Wildman–Crippen MR) is 80.7 cm³/mol. The van der Waals surface area contributed by atoms with Gasteiger partial charge >= 0.3 is 6.43 Å². The molecule has 0 N–H and O–H groups in total. The summed E-state index contributed by atoms with van der Waals surface area (Å²) in [6.07, 6.45) is 0.546. The first-order valence-corrected chi connectivity index (χ1v) is 7.30. The average molecular weight is 335 g/mol. The quantitative estimate of drug-likeness (QED) is 0.716. The first-order valence-electron chi connectivity index (χ1n) is 7.30. The Bertz CT molecular complexity index is 897. The summed E-state index contributed by atoms with van der Waals surface area (Å²) in [6.45, 7) is 4.33. The highest BCUT2D eigenvalue weighted by Crippen LogP contribution is 2.22. The van der Waals surface area contributed by atoms with Gasteiger partial charge in [0.25, 0.3) is 11.4 Å². The van der Waals surface area contributed by atoms with Gasteiger partial charge in [-0.3, -0.25) is 9.48 Å². The largest absolute Gasteiger partial charge is 0.415 e. The molecule has 3 aromatic heterocycles. The van der Waals surface area contributed by atoms with E-state index in [9.17, 15) is 13.6 Å². The van der Waals surface area contributed by atoms with Crippen molar-refractivity contribution < 1.29 is 13.2 Å². The highest BCUT2D eigenvalue weighted by atomic mass is 19.3. The molecule has 0 saturated carbocycles. The van der Waals surface area contributed by atoms with E-state index in [-0.39, 0.29) is 17.5 Å². The highest BCUT2D eigenvalue weighted by molar-refractivity contribution is 5.50. The van der Waals surface area contributed by atoms with Crippen LogP contribution in [0.5, 0.6) is 0 Å². The Hall–Kier alpha value is -2.84. The third-order valence-electron chi connectivity index (χ3n) is 3.40. The van der Waals surface area contributed by atoms with Gasteiger partial charge in [0.2, 0.25) is 5.89 Å². The molecule has 0 aliphatic heterocycles. The fourth-order valence-corrected chi connectivity index (χ4v) is 2.13. The van der Waals surface area contributed by atoms with Crippen molar-refractivity contribution >= 4 is 0 Å². The van der Waals surface area contributed by atoms with Crippen molar-refractivity contribution in [1.82, 2.24) is 24.5 Å². The maximum atomic E-state index is 12.5. The van der Waals surface area contributed by atoms with Gasteiger partial charge in [0.05, 0.1) is 12.2 Å². The molecule has 0 bridgehead atoms. The predicted octanol–water partition coefficient (Wildman–Crippen LogP) is 2.66. The van der Waals surface area contributed by atoms with E-state index in [1.165, 1.54) is 16.8 Å². The van der Waals surface area contributed by atoms with Crippen LogP contribution in [0.25, 0.3) is 11.5 Å². The minimum Gasteiger partial charge on any atom is -0.415 e. The van der Waals surface area contributed by atoms with Crippen LogP contribution in [0, 0.1) is 0 Å². The molecule has 0 saturated heterocycles. The first kappa shape index (κ1) is 16.0. The summed E-state index contributed by atoms with van der Waals surface area (Å²) in [6, 6.07) is 4.90. The minimum atomic E-state index is -2.84. The van der Waals surface area contributed by atoms with E-state index < -0.39 is 12.3 Å². The first-order chi connectivity index (χ1) is 11.4. The molecule has 0 aliphatic rings. The van der Waals surface area contributed by atoms with Crippen LogP contribution in [-0.2, 0) is 6.54 Å². The molecule has 0 radical (unpaired) electrons. The summed E-state index contributed by atoms with van der Waals surface area (Å²) in [4.78, 5) is 12.2. The van der Waals surface area contributed by atoms with Gasteiger partial charge in [-0.2, -0.15) is 13.9 Å². The Labute approximate surface area is 135 Å². The summed E-state index contributed by atoms with van der Waals surface area (Å²) in [5, 5.41) is 11.1. The number of nitrogens with zero attached hydrogens (tertiary/aromatic N) is 5. The molecular weight excluding hydrogens is 320 g/mol. The molecule has 0 fully saturated rings. The van der Waals surface area contributed by atoms with Gasteiger partial charge in [-0.1, -0.05) is 0 Å². The average Bonchev–Trinajstić information content (AvgIpc) is 3.18. The molecule has 0 aliphatic carbocycles. The third-order valence-corrected chi connectivity index (χ3v) is 3.40. The van der Waals surface area contributed by atoms with Crippen molar-refractivity contribution in [2.24, 2.45) is 0 Å². The molecule has 24 heavy (non-hydrogen) atoms. The number of hydrogen-bond donors (Lipinski definition) is 0. The second-order valence-corrected chi connectivity index (χ2v) is 5.51. The number of rotatable bonds is 5. The Kier molecular flexibility index (Phi) is 4.24. The van der Waals surface area contributed by atoms with Crippen LogP contribution in [0.1, 0.15) is 37.9 Å². The molecule has 3 heterocycles. The standard InChI is InChI=1S/C15H15F2N5O2/c1-9(2)22-6-4-11(20-22)8-21-5-3-10(7-12(21)23)14-18-19-15(24-14)13(16)17/h3-7,9,13H,8H2,1-2H3. The molecule has 3 rings (SSSR count). The van der Waals surface area contributed by atoms with Crippen LogP contribution >= 0.6 is 0 Å². The van der Waals surface area contributed by atoms with Gasteiger partial charge in [0.1, 0.15) is 0 Å². The van der Waals surface area contributed by atoms with E-state index in [1.54, 1.807) is 10.7 Å². The molecule has 0 unspecified atom stereocenters. The lowest BCUT2D eigenvalue weighted by Gasteiger charge is -2.05. The number of aromatic nitrogens is 5. The van der Waals surface area contributed by atoms with Crippen molar-refractivity contribution in [3.8, 4) is 11.5 Å². The zero-order chi connectivity index (χ0) is 17.3. The van der Waals surface area contributed by atoms with E-state index in [2.05, 4.69) is 15.3 Å². The molecule has 9 heteroatoms. The van der Waals surface area contributed by atoms with Crippen LogP contribution in [0.2, 0.25) is 0 Å². The van der Waals surface area contributed by atoms with E-state index in [1.807, 2.05) is 26.1 Å². The molecule has 0 amide bonds. The van der Waals surface area contributed by atoms with Gasteiger partial charge in [-0.05, 0) is 26.0 Å². The van der Waals surface area contributed by atoms with Gasteiger partial charge in [-0.15, -0.1) is 10.2 Å². The maximum absolute atomic E-state index is 12.5. The van der Waals surface area contributed by atoms with Crippen molar-refractivity contribution in [3.05, 3.63) is 52.5 Å². The van der Waals surface area contributed by atoms with Gasteiger partial charge in [0.15, 0.2) is 0 Å². The van der Waals surface area contributed by atoms with Crippen molar-refractivity contribution in [2.75, 3.05) is 0 Å². The van der Waals surface area contributed by atoms with Crippen LogP contribution in [0.4, 0.5) is 8.78 Å². The molecular formula is C15H15F2N5O2. The van der Waals surface area contributed by atoms with Crippen LogP contribution in [0.15, 0.2) is 39.8 Å². The van der Waals surface area contributed by atoms with E-state index in [0.29, 0.717) is 12.1 Å². The lowest BCUT2D eigenvalue weighted by Crippen LogP contribution is -2.19. The van der Waals surface area contributed by atoms with Crippen LogP contribution < -0.4 is 5.56 Å². The Balaban J connectivity index is 1.82. The smallest absolute Gasteiger partial charge is 0.314 e. The Morgan fingerprint density at radius 3 is 2.58 bits per heavy atom. The Morgan fingerprint density at radius 1 is 1.21 bits per heavy atom. The molecule has 0 aromatic carbocycles. The topological polar surface area (TPSA) is 78.7 Å². The molecule has 0 spiro atoms. The SMILES string of the molecule is CC(C)n1ccc(Cn2ccc(-c3nnc(C(F)F)o3)cc2=O)n1. The van der Waals surface area contributed by atoms with E-state index in [0.717, 1.165) is 5.69 Å². The lowest BCUT2D eigenvalue weighted by atomic mass is 10.2. The normalized spacial score (nSPS) is 11.6. The second-order valence-electron chi connectivity index (χ2n) is 5.51. The van der Waals surface area contributed by atoms with Crippen molar-refractivity contribution in [1.29, 1.82) is 0 Å². The number of hydrogen-bond acceptors (Lipinski definition) is 5. The van der Waals surface area contributed by atoms with Crippen molar-refractivity contribution in [2.45, 2.75) is 32.9 Å². The van der Waals surface area contributed by atoms with E-state index in [4.69, 9.17) is 4.42 Å². The minimum absolute atomic E-state index is 0.112. The lowest BCUT2D eigenvalue weighted by molar-refractivity contribution is 0.116. The summed E-state index contributed by atoms with van der Waals surface area (Å²) < 4.78 is 33.0. The fourth-order valence-electron chi connectivity index (χ4n) is 2.13. The summed E-state index contributed by atoms with van der Waals surface area (Å²) in [5.41, 5.74) is 0.725. The third kappa shape index (κ3) is 3.24. The van der Waals surface area contributed by atoms with Crippen LogP contribution in [-0.4, -0.2) is 24.5 Å². The summed E-state index contributed by atoms with van der Waals surface area (Å²) in [7, 11) is 0. The van der Waals surface area contributed by atoms with Gasteiger partial charge < -0.3 is 8.98 Å². The molecule has 7 nitrogen and oxygen atoms in total. The number of halogens is 2. The molecule has 3 aromatic rings. The van der Waals surface area contributed by atoms with Crippen molar-refractivity contribution in [3.63, 3.8) is 0 Å². The number of alkyl halides is 2. The summed E-state index contributed by atoms with van der Waals surface area (Å²) in [5.74, 6) is -0.882. The number of pyridine rings is 1. The maximum Gasteiger partial charge on any atom is 0.314 e. The molecule has 0 atom stereocenters. The highest BCUT2D eigenvalue weighted by Gasteiger charge is 2.17. The zero-order valence-electron chi connectivity index (χ0n) is 13.1. The fraction of sp³-hybridized carbons (Fsp3) is 0.333. The summed E-state index contributed by atoms with van der Waals surface area (Å²) >= 11 is 0. The van der Waals surface area contributed by atoms with Gasteiger partial charge in [0, 0.05) is 30.1 Å². The Morgan fingerprint density at radius 2 is 2.00 bits per heavy atom. The second kappa shape index (κ2) is 6.34. The van der Waals surface area contributed by atoms with Gasteiger partial charge in [-0.25, -0.2) is 0 Å².